The van der Waals surface area contributed by atoms with Gasteiger partial charge in [0, 0.05) is 6.54 Å². The molecule has 0 unspecified atom stereocenters. The van der Waals surface area contributed by atoms with Crippen LogP contribution in [-0.2, 0) is 13.0 Å². The summed E-state index contributed by atoms with van der Waals surface area (Å²) in [6.45, 7) is 6.80. The van der Waals surface area contributed by atoms with E-state index in [1.165, 1.54) is 43.6 Å². The van der Waals surface area contributed by atoms with E-state index in [9.17, 15) is 0 Å². The van der Waals surface area contributed by atoms with Gasteiger partial charge in [-0.1, -0.05) is 31.2 Å². The first-order chi connectivity index (χ1) is 8.40. The maximum atomic E-state index is 3.62. The second-order valence-electron chi connectivity index (χ2n) is 4.95. The van der Waals surface area contributed by atoms with Crippen molar-refractivity contribution in [2.24, 2.45) is 5.92 Å². The lowest BCUT2D eigenvalue weighted by Gasteiger charge is -2.23. The van der Waals surface area contributed by atoms with Crippen molar-refractivity contribution in [3.8, 4) is 0 Å². The maximum Gasteiger partial charge on any atom is 0.0208 e. The topological polar surface area (TPSA) is 24.1 Å². The van der Waals surface area contributed by atoms with Crippen molar-refractivity contribution in [1.29, 1.82) is 0 Å². The lowest BCUT2D eigenvalue weighted by molar-refractivity contribution is 0.356. The number of nitrogens with one attached hydrogen (secondary N) is 2. The molecule has 0 aliphatic carbocycles. The summed E-state index contributed by atoms with van der Waals surface area (Å²) in [5.41, 5.74) is 2.94. The molecule has 2 heteroatoms. The second-order valence-corrected chi connectivity index (χ2v) is 4.95. The average molecular weight is 232 g/mol. The number of hydrogen-bond acceptors (Lipinski definition) is 2. The Hall–Kier alpha value is -0.860. The SMILES string of the molecule is CCc1ccccc1CNCC1CCNCC1. The molecule has 0 atom stereocenters. The lowest BCUT2D eigenvalue weighted by atomic mass is 9.98. The minimum Gasteiger partial charge on any atom is -0.317 e. The molecule has 1 aromatic rings. The Balaban J connectivity index is 1.77. The molecule has 0 spiro atoms. The van der Waals surface area contributed by atoms with Crippen LogP contribution in [0.4, 0.5) is 0 Å². The van der Waals surface area contributed by atoms with E-state index in [-0.39, 0.29) is 0 Å². The number of piperidine rings is 1. The Bertz CT molecular complexity index is 329. The van der Waals surface area contributed by atoms with Gasteiger partial charge in [-0.15, -0.1) is 0 Å². The molecule has 1 aliphatic heterocycles. The Morgan fingerprint density at radius 1 is 1.18 bits per heavy atom. The van der Waals surface area contributed by atoms with Gasteiger partial charge >= 0.3 is 0 Å². The highest BCUT2D eigenvalue weighted by atomic mass is 14.9. The van der Waals surface area contributed by atoms with Gasteiger partial charge < -0.3 is 10.6 Å². The summed E-state index contributed by atoms with van der Waals surface area (Å²) >= 11 is 0. The van der Waals surface area contributed by atoms with Crippen molar-refractivity contribution < 1.29 is 0 Å². The largest absolute Gasteiger partial charge is 0.317 e. The highest BCUT2D eigenvalue weighted by Crippen LogP contribution is 2.12. The summed E-state index contributed by atoms with van der Waals surface area (Å²) in [4.78, 5) is 0. The van der Waals surface area contributed by atoms with Crippen LogP contribution in [0.25, 0.3) is 0 Å². The minimum atomic E-state index is 0.866. The third kappa shape index (κ3) is 3.83. The number of rotatable bonds is 5. The van der Waals surface area contributed by atoms with Crippen LogP contribution in [0.15, 0.2) is 24.3 Å². The fourth-order valence-electron chi connectivity index (χ4n) is 2.57. The second kappa shape index (κ2) is 6.77. The zero-order valence-corrected chi connectivity index (χ0v) is 10.8. The van der Waals surface area contributed by atoms with E-state index in [4.69, 9.17) is 0 Å². The van der Waals surface area contributed by atoms with E-state index in [2.05, 4.69) is 41.8 Å². The third-order valence-corrected chi connectivity index (χ3v) is 3.71. The first-order valence-electron chi connectivity index (χ1n) is 6.88. The summed E-state index contributed by atoms with van der Waals surface area (Å²) in [7, 11) is 0. The van der Waals surface area contributed by atoms with Gasteiger partial charge in [-0.3, -0.25) is 0 Å². The normalized spacial score (nSPS) is 17.2. The Kier molecular flexibility index (Phi) is 5.02. The Morgan fingerprint density at radius 3 is 2.59 bits per heavy atom. The summed E-state index contributed by atoms with van der Waals surface area (Å²) in [6, 6.07) is 8.76. The standard InChI is InChI=1S/C15H24N2/c1-2-14-5-3-4-6-15(14)12-17-11-13-7-9-16-10-8-13/h3-6,13,16-17H,2,7-12H2,1H3. The fraction of sp³-hybridized carbons (Fsp3) is 0.600. The van der Waals surface area contributed by atoms with Gasteiger partial charge in [0.15, 0.2) is 0 Å². The first kappa shape index (κ1) is 12.6. The van der Waals surface area contributed by atoms with Crippen molar-refractivity contribution in [3.05, 3.63) is 35.4 Å². The number of aryl methyl sites for hydroxylation is 1. The van der Waals surface area contributed by atoms with Crippen LogP contribution in [-0.4, -0.2) is 19.6 Å². The third-order valence-electron chi connectivity index (χ3n) is 3.71. The van der Waals surface area contributed by atoms with Gasteiger partial charge in [0.1, 0.15) is 0 Å². The van der Waals surface area contributed by atoms with Crippen molar-refractivity contribution in [2.45, 2.75) is 32.7 Å². The van der Waals surface area contributed by atoms with Crippen molar-refractivity contribution in [3.63, 3.8) is 0 Å². The molecule has 1 heterocycles. The van der Waals surface area contributed by atoms with Gasteiger partial charge in [0.2, 0.25) is 0 Å². The molecule has 1 aromatic carbocycles. The molecule has 0 saturated carbocycles. The molecule has 1 saturated heterocycles. The van der Waals surface area contributed by atoms with E-state index >= 15 is 0 Å². The summed E-state index contributed by atoms with van der Waals surface area (Å²) in [5.74, 6) is 0.866. The van der Waals surface area contributed by atoms with E-state index in [0.29, 0.717) is 0 Å². The summed E-state index contributed by atoms with van der Waals surface area (Å²) in [6.07, 6.45) is 3.77. The van der Waals surface area contributed by atoms with E-state index in [1.54, 1.807) is 0 Å². The van der Waals surface area contributed by atoms with Crippen LogP contribution in [0.3, 0.4) is 0 Å². The molecule has 2 rings (SSSR count). The Morgan fingerprint density at radius 2 is 1.88 bits per heavy atom. The number of hydrogen-bond donors (Lipinski definition) is 2. The van der Waals surface area contributed by atoms with E-state index in [1.807, 2.05) is 0 Å². The van der Waals surface area contributed by atoms with Gasteiger partial charge in [0.05, 0.1) is 0 Å². The molecule has 0 radical (unpaired) electrons. The zero-order chi connectivity index (χ0) is 11.9. The van der Waals surface area contributed by atoms with Crippen molar-refractivity contribution in [1.82, 2.24) is 10.6 Å². The quantitative estimate of drug-likeness (QED) is 0.814. The van der Waals surface area contributed by atoms with E-state index in [0.717, 1.165) is 18.9 Å². The smallest absolute Gasteiger partial charge is 0.0208 e. The molecule has 94 valence electrons. The maximum absolute atomic E-state index is 3.62. The highest BCUT2D eigenvalue weighted by Gasteiger charge is 2.12. The molecular weight excluding hydrogens is 208 g/mol. The monoisotopic (exact) mass is 232 g/mol. The minimum absolute atomic E-state index is 0.866. The fourth-order valence-corrected chi connectivity index (χ4v) is 2.57. The first-order valence-corrected chi connectivity index (χ1v) is 6.88. The van der Waals surface area contributed by atoms with Crippen LogP contribution in [0.2, 0.25) is 0 Å². The van der Waals surface area contributed by atoms with Crippen molar-refractivity contribution >= 4 is 0 Å². The predicted octanol–water partition coefficient (Wildman–Crippen LogP) is 2.34. The van der Waals surface area contributed by atoms with Gasteiger partial charge in [-0.05, 0) is 55.9 Å². The van der Waals surface area contributed by atoms with E-state index < -0.39 is 0 Å². The van der Waals surface area contributed by atoms with Crippen molar-refractivity contribution in [2.75, 3.05) is 19.6 Å². The summed E-state index contributed by atoms with van der Waals surface area (Å²) < 4.78 is 0. The van der Waals surface area contributed by atoms with Gasteiger partial charge in [0.25, 0.3) is 0 Å². The molecule has 1 fully saturated rings. The molecular formula is C15H24N2. The number of benzene rings is 1. The Labute approximate surface area is 105 Å². The average Bonchev–Trinajstić information content (AvgIpc) is 2.40. The zero-order valence-electron chi connectivity index (χ0n) is 10.8. The van der Waals surface area contributed by atoms with Gasteiger partial charge in [-0.25, -0.2) is 0 Å². The van der Waals surface area contributed by atoms with Crippen LogP contribution in [0, 0.1) is 5.92 Å². The predicted molar refractivity (Wildman–Crippen MR) is 73.1 cm³/mol. The van der Waals surface area contributed by atoms with Crippen LogP contribution in [0.5, 0.6) is 0 Å². The molecule has 2 N–H and O–H groups in total. The molecule has 0 aromatic heterocycles. The molecule has 0 bridgehead atoms. The van der Waals surface area contributed by atoms with Crippen LogP contribution < -0.4 is 10.6 Å². The van der Waals surface area contributed by atoms with Crippen LogP contribution >= 0.6 is 0 Å². The molecule has 17 heavy (non-hydrogen) atoms. The molecule has 2 nitrogen and oxygen atoms in total. The van der Waals surface area contributed by atoms with Crippen LogP contribution in [0.1, 0.15) is 30.9 Å². The highest BCUT2D eigenvalue weighted by molar-refractivity contribution is 5.26. The molecule has 1 aliphatic rings. The summed E-state index contributed by atoms with van der Waals surface area (Å²) in [5, 5.41) is 7.03. The lowest BCUT2D eigenvalue weighted by Crippen LogP contribution is -2.33. The van der Waals surface area contributed by atoms with Gasteiger partial charge in [-0.2, -0.15) is 0 Å². The molecule has 0 amide bonds.